The predicted molar refractivity (Wildman–Crippen MR) is 119 cm³/mol. The van der Waals surface area contributed by atoms with Crippen molar-refractivity contribution in [3.63, 3.8) is 0 Å². The fourth-order valence-corrected chi connectivity index (χ4v) is 3.48. The lowest BCUT2D eigenvalue weighted by molar-refractivity contribution is -0.178. The van der Waals surface area contributed by atoms with E-state index in [0.29, 0.717) is 12.4 Å². The molecule has 2 rings (SSSR count). The van der Waals surface area contributed by atoms with Gasteiger partial charge in [0.1, 0.15) is 19.9 Å². The van der Waals surface area contributed by atoms with Crippen LogP contribution in [0.5, 0.6) is 0 Å². The fraction of sp³-hybridized carbons (Fsp3) is 0.542. The molecule has 0 bridgehead atoms. The molecule has 0 aliphatic carbocycles. The molecule has 29 heavy (non-hydrogen) atoms. The van der Waals surface area contributed by atoms with Crippen molar-refractivity contribution in [1.82, 2.24) is 0 Å². The monoisotopic (exact) mass is 414 g/mol. The standard InChI is InChI=1S/C24H34O4Si/c1-17-21(28-23(25)24(3,4)5)18(2)27-20(14-15-29(6,7)8)22(17)26-16-19-12-10-9-11-13-19/h9-13,17,20-22H,2,16H2,1,3-8H3/t17-,20-,21-,22-/m1/s1. The maximum atomic E-state index is 12.5. The Balaban J connectivity index is 2.25. The van der Waals surface area contributed by atoms with E-state index < -0.39 is 25.7 Å². The molecule has 5 heteroatoms. The zero-order valence-corrected chi connectivity index (χ0v) is 19.7. The topological polar surface area (TPSA) is 44.8 Å². The lowest BCUT2D eigenvalue weighted by atomic mass is 9.89. The lowest BCUT2D eigenvalue weighted by Gasteiger charge is -2.40. The Morgan fingerprint density at radius 3 is 2.38 bits per heavy atom. The van der Waals surface area contributed by atoms with Crippen LogP contribution >= 0.6 is 0 Å². The van der Waals surface area contributed by atoms with Gasteiger partial charge in [-0.3, -0.25) is 4.79 Å². The van der Waals surface area contributed by atoms with Crippen LogP contribution in [-0.4, -0.2) is 32.4 Å². The van der Waals surface area contributed by atoms with E-state index in [9.17, 15) is 4.79 Å². The van der Waals surface area contributed by atoms with Crippen LogP contribution in [0.15, 0.2) is 42.7 Å². The minimum absolute atomic E-state index is 0.132. The number of esters is 1. The maximum absolute atomic E-state index is 12.5. The molecule has 1 saturated heterocycles. The lowest BCUT2D eigenvalue weighted by Crippen LogP contribution is -2.49. The van der Waals surface area contributed by atoms with Gasteiger partial charge in [0.2, 0.25) is 0 Å². The van der Waals surface area contributed by atoms with Gasteiger partial charge in [0.15, 0.2) is 12.2 Å². The molecule has 0 unspecified atom stereocenters. The van der Waals surface area contributed by atoms with Gasteiger partial charge in [-0.15, -0.1) is 5.54 Å². The van der Waals surface area contributed by atoms with Gasteiger partial charge in [-0.05, 0) is 26.3 Å². The van der Waals surface area contributed by atoms with E-state index in [1.807, 2.05) is 58.0 Å². The summed E-state index contributed by atoms with van der Waals surface area (Å²) in [6.07, 6.45) is -1.33. The highest BCUT2D eigenvalue weighted by Crippen LogP contribution is 2.33. The zero-order valence-electron chi connectivity index (χ0n) is 18.7. The summed E-state index contributed by atoms with van der Waals surface area (Å²) in [5.74, 6) is 3.29. The van der Waals surface area contributed by atoms with Crippen molar-refractivity contribution in [2.24, 2.45) is 11.3 Å². The van der Waals surface area contributed by atoms with Crippen molar-refractivity contribution in [2.75, 3.05) is 0 Å². The Bertz CT molecular complexity index is 777. The summed E-state index contributed by atoms with van der Waals surface area (Å²) in [5, 5.41) is 0. The number of benzene rings is 1. The van der Waals surface area contributed by atoms with Crippen molar-refractivity contribution in [1.29, 1.82) is 0 Å². The number of hydrogen-bond donors (Lipinski definition) is 0. The van der Waals surface area contributed by atoms with Crippen LogP contribution in [0.2, 0.25) is 19.6 Å². The first-order chi connectivity index (χ1) is 13.4. The number of rotatable bonds is 4. The Morgan fingerprint density at radius 2 is 1.83 bits per heavy atom. The molecule has 1 aromatic carbocycles. The summed E-state index contributed by atoms with van der Waals surface area (Å²) in [5.41, 5.74) is 3.85. The molecule has 1 aromatic rings. The third kappa shape index (κ3) is 6.76. The second kappa shape index (κ2) is 9.19. The highest BCUT2D eigenvalue weighted by atomic mass is 28.3. The molecule has 0 amide bonds. The van der Waals surface area contributed by atoms with Crippen LogP contribution < -0.4 is 0 Å². The molecule has 1 heterocycles. The van der Waals surface area contributed by atoms with Crippen LogP contribution in [0, 0.1) is 22.8 Å². The first kappa shape index (κ1) is 23.2. The third-order valence-corrected chi connectivity index (χ3v) is 5.51. The molecule has 4 atom stereocenters. The number of carbonyl (C=O) groups excluding carboxylic acids is 1. The van der Waals surface area contributed by atoms with Crippen LogP contribution in [0.3, 0.4) is 0 Å². The molecule has 0 N–H and O–H groups in total. The third-order valence-electron chi connectivity index (χ3n) is 4.61. The Morgan fingerprint density at radius 1 is 1.21 bits per heavy atom. The van der Waals surface area contributed by atoms with E-state index >= 15 is 0 Å². The van der Waals surface area contributed by atoms with E-state index in [0.717, 1.165) is 5.56 Å². The second-order valence-corrected chi connectivity index (χ2v) is 14.5. The van der Waals surface area contributed by atoms with Gasteiger partial charge >= 0.3 is 5.97 Å². The van der Waals surface area contributed by atoms with Gasteiger partial charge in [-0.1, -0.05) is 69.4 Å². The Hall–Kier alpha value is -2.03. The average Bonchev–Trinajstić information content (AvgIpc) is 2.62. The smallest absolute Gasteiger partial charge is 0.311 e. The number of hydrogen-bond acceptors (Lipinski definition) is 4. The molecule has 1 fully saturated rings. The normalized spacial score (nSPS) is 24.9. The van der Waals surface area contributed by atoms with E-state index in [2.05, 4.69) is 37.7 Å². The van der Waals surface area contributed by atoms with Gasteiger partial charge in [-0.2, -0.15) is 0 Å². The largest absolute Gasteiger partial charge is 0.476 e. The van der Waals surface area contributed by atoms with Crippen LogP contribution in [0.4, 0.5) is 0 Å². The van der Waals surface area contributed by atoms with E-state index in [1.165, 1.54) is 0 Å². The summed E-state index contributed by atoms with van der Waals surface area (Å²) in [6.45, 7) is 18.5. The summed E-state index contributed by atoms with van der Waals surface area (Å²) >= 11 is 0. The summed E-state index contributed by atoms with van der Waals surface area (Å²) < 4.78 is 18.1. The first-order valence-electron chi connectivity index (χ1n) is 10.1. The number of ether oxygens (including phenoxy) is 3. The van der Waals surface area contributed by atoms with Gasteiger partial charge < -0.3 is 14.2 Å². The minimum Gasteiger partial charge on any atom is -0.476 e. The summed E-state index contributed by atoms with van der Waals surface area (Å²) in [6, 6.07) is 9.99. The van der Waals surface area contributed by atoms with Crippen molar-refractivity contribution < 1.29 is 19.0 Å². The SMILES string of the molecule is C=C1O[C@H](C#C[Si](C)(C)C)[C@H](OCc2ccccc2)[C@H](C)[C@H]1OC(=O)C(C)(C)C. The quantitative estimate of drug-likeness (QED) is 0.397. The van der Waals surface area contributed by atoms with Gasteiger partial charge in [-0.25, -0.2) is 0 Å². The Labute approximate surface area is 176 Å². The molecule has 0 aromatic heterocycles. The van der Waals surface area contributed by atoms with Crippen molar-refractivity contribution in [3.05, 3.63) is 48.2 Å². The fourth-order valence-electron chi connectivity index (χ4n) is 2.91. The molecule has 158 valence electrons. The van der Waals surface area contributed by atoms with E-state index in [4.69, 9.17) is 14.2 Å². The number of carbonyl (C=O) groups is 1. The molecular weight excluding hydrogens is 380 g/mol. The summed E-state index contributed by atoms with van der Waals surface area (Å²) in [7, 11) is -1.58. The first-order valence-corrected chi connectivity index (χ1v) is 13.6. The van der Waals surface area contributed by atoms with Crippen LogP contribution in [0.25, 0.3) is 0 Å². The van der Waals surface area contributed by atoms with Crippen LogP contribution in [0.1, 0.15) is 33.3 Å². The predicted octanol–water partition coefficient (Wildman–Crippen LogP) is 4.96. The van der Waals surface area contributed by atoms with E-state index in [-0.39, 0.29) is 18.0 Å². The van der Waals surface area contributed by atoms with Gasteiger partial charge in [0.05, 0.1) is 12.0 Å². The molecule has 1 aliphatic heterocycles. The molecule has 1 aliphatic rings. The summed E-state index contributed by atoms with van der Waals surface area (Å²) in [4.78, 5) is 12.5. The minimum atomic E-state index is -1.58. The van der Waals surface area contributed by atoms with Crippen molar-refractivity contribution in [2.45, 2.75) is 72.3 Å². The molecular formula is C24H34O4Si. The molecule has 0 spiro atoms. The van der Waals surface area contributed by atoms with Crippen molar-refractivity contribution >= 4 is 14.0 Å². The molecule has 0 saturated carbocycles. The van der Waals surface area contributed by atoms with Gasteiger partial charge in [0, 0.05) is 5.92 Å². The molecule has 0 radical (unpaired) electrons. The highest BCUT2D eigenvalue weighted by Gasteiger charge is 2.44. The average molecular weight is 415 g/mol. The molecule has 4 nitrogen and oxygen atoms in total. The second-order valence-electron chi connectivity index (χ2n) is 9.72. The van der Waals surface area contributed by atoms with Crippen molar-refractivity contribution in [3.8, 4) is 11.5 Å². The maximum Gasteiger partial charge on any atom is 0.311 e. The van der Waals surface area contributed by atoms with E-state index in [1.54, 1.807) is 0 Å². The van der Waals surface area contributed by atoms with Gasteiger partial charge in [0.25, 0.3) is 0 Å². The van der Waals surface area contributed by atoms with Crippen LogP contribution in [-0.2, 0) is 25.6 Å². The zero-order chi connectivity index (χ0) is 21.8. The Kier molecular flexibility index (Phi) is 7.37. The highest BCUT2D eigenvalue weighted by molar-refractivity contribution is 6.83.